The van der Waals surface area contributed by atoms with E-state index in [1.807, 2.05) is 54.6 Å². The molecule has 1 aliphatic rings. The number of benzene rings is 2. The predicted octanol–water partition coefficient (Wildman–Crippen LogP) is 4.27. The molecule has 1 aliphatic heterocycles. The van der Waals surface area contributed by atoms with Crippen LogP contribution in [0.5, 0.6) is 0 Å². The zero-order chi connectivity index (χ0) is 16.4. The molecule has 0 atom stereocenters. The van der Waals surface area contributed by atoms with E-state index < -0.39 is 0 Å². The maximum Gasteiger partial charge on any atom is 0.281 e. The molecule has 0 unspecified atom stereocenters. The average Bonchev–Trinajstić information content (AvgIpc) is 2.83. The number of halogens is 1. The number of carbonyl (C=O) groups is 1. The van der Waals surface area contributed by atoms with Gasteiger partial charge in [-0.05, 0) is 54.0 Å². The number of aryl methyl sites for hydroxylation is 1. The van der Waals surface area contributed by atoms with Crippen LogP contribution in [-0.4, -0.2) is 11.0 Å². The highest BCUT2D eigenvalue weighted by Crippen LogP contribution is 2.26. The molecule has 1 fully saturated rings. The van der Waals surface area contributed by atoms with E-state index in [1.165, 1.54) is 0 Å². The number of carbonyl (C=O) groups excluding carboxylic acids is 1. The van der Waals surface area contributed by atoms with Crippen LogP contribution < -0.4 is 10.2 Å². The number of rotatable bonds is 3. The second-order valence-corrected chi connectivity index (χ2v) is 6.46. The second kappa shape index (κ2) is 6.64. The van der Waals surface area contributed by atoms with Crippen LogP contribution in [-0.2, 0) is 11.2 Å². The molecular weight excluding hydrogens is 372 g/mol. The third-order valence-electron chi connectivity index (χ3n) is 3.67. The first-order chi connectivity index (χ1) is 11.1. The van der Waals surface area contributed by atoms with Gasteiger partial charge in [-0.15, -0.1) is 0 Å². The zero-order valence-corrected chi connectivity index (χ0v) is 14.9. The summed E-state index contributed by atoms with van der Waals surface area (Å²) in [7, 11) is 0. The lowest BCUT2D eigenvalue weighted by Crippen LogP contribution is -2.31. The Bertz CT molecular complexity index is 799. The van der Waals surface area contributed by atoms with Crippen molar-refractivity contribution in [3.8, 4) is 0 Å². The van der Waals surface area contributed by atoms with E-state index in [4.69, 9.17) is 12.2 Å². The van der Waals surface area contributed by atoms with Crippen LogP contribution in [0.3, 0.4) is 0 Å². The summed E-state index contributed by atoms with van der Waals surface area (Å²) in [6, 6.07) is 15.6. The van der Waals surface area contributed by atoms with Crippen molar-refractivity contribution < 1.29 is 4.79 Å². The number of hydrogen-bond donors (Lipinski definition) is 1. The highest BCUT2D eigenvalue weighted by atomic mass is 79.9. The average molecular weight is 387 g/mol. The first-order valence-electron chi connectivity index (χ1n) is 7.30. The fourth-order valence-electron chi connectivity index (χ4n) is 2.51. The van der Waals surface area contributed by atoms with Gasteiger partial charge in [-0.25, -0.2) is 0 Å². The Morgan fingerprint density at radius 3 is 2.57 bits per heavy atom. The number of nitrogens with one attached hydrogen (secondary N) is 1. The molecule has 0 saturated carbocycles. The summed E-state index contributed by atoms with van der Waals surface area (Å²) in [6.07, 6.45) is 2.66. The molecule has 1 amide bonds. The van der Waals surface area contributed by atoms with Crippen LogP contribution in [0, 0.1) is 0 Å². The van der Waals surface area contributed by atoms with Crippen LogP contribution in [0.1, 0.15) is 18.1 Å². The summed E-state index contributed by atoms with van der Waals surface area (Å²) in [5, 5.41) is 3.44. The van der Waals surface area contributed by atoms with Gasteiger partial charge < -0.3 is 5.32 Å². The van der Waals surface area contributed by atoms with Crippen molar-refractivity contribution in [3.63, 3.8) is 0 Å². The number of amides is 1. The van der Waals surface area contributed by atoms with E-state index in [-0.39, 0.29) is 5.91 Å². The molecule has 0 aromatic heterocycles. The lowest BCUT2D eigenvalue weighted by atomic mass is 10.1. The van der Waals surface area contributed by atoms with Crippen LogP contribution in [0.25, 0.3) is 6.08 Å². The fourth-order valence-corrected chi connectivity index (χ4v) is 3.06. The van der Waals surface area contributed by atoms with Crippen molar-refractivity contribution in [3.05, 3.63) is 69.8 Å². The van der Waals surface area contributed by atoms with E-state index in [1.54, 1.807) is 4.90 Å². The maximum atomic E-state index is 12.8. The van der Waals surface area contributed by atoms with E-state index >= 15 is 0 Å². The Labute approximate surface area is 149 Å². The van der Waals surface area contributed by atoms with Gasteiger partial charge in [0.15, 0.2) is 5.11 Å². The van der Waals surface area contributed by atoms with Gasteiger partial charge >= 0.3 is 0 Å². The highest BCUT2D eigenvalue weighted by molar-refractivity contribution is 9.10. The van der Waals surface area contributed by atoms with Gasteiger partial charge in [0, 0.05) is 4.47 Å². The summed E-state index contributed by atoms with van der Waals surface area (Å²) in [4.78, 5) is 14.3. The number of para-hydroxylation sites is 1. The van der Waals surface area contributed by atoms with Crippen LogP contribution in [0.4, 0.5) is 5.69 Å². The number of nitrogens with zero attached hydrogens (tertiary/aromatic N) is 1. The van der Waals surface area contributed by atoms with Gasteiger partial charge in [0.05, 0.1) is 5.69 Å². The van der Waals surface area contributed by atoms with Crippen LogP contribution >= 0.6 is 28.1 Å². The van der Waals surface area contributed by atoms with E-state index in [2.05, 4.69) is 28.2 Å². The molecule has 2 aromatic carbocycles. The normalized spacial score (nSPS) is 16.1. The highest BCUT2D eigenvalue weighted by Gasteiger charge is 2.32. The summed E-state index contributed by atoms with van der Waals surface area (Å²) in [6.45, 7) is 2.06. The van der Waals surface area contributed by atoms with Gasteiger partial charge in [0.2, 0.25) is 0 Å². The first-order valence-corrected chi connectivity index (χ1v) is 8.51. The number of hydrogen-bond acceptors (Lipinski definition) is 2. The Balaban J connectivity index is 1.95. The van der Waals surface area contributed by atoms with E-state index in [9.17, 15) is 4.79 Å². The van der Waals surface area contributed by atoms with Gasteiger partial charge in [-0.2, -0.15) is 0 Å². The monoisotopic (exact) mass is 386 g/mol. The lowest BCUT2D eigenvalue weighted by Gasteiger charge is -2.17. The van der Waals surface area contributed by atoms with Gasteiger partial charge in [0.1, 0.15) is 5.70 Å². The Hall–Kier alpha value is -1.98. The van der Waals surface area contributed by atoms with Crippen molar-refractivity contribution >= 4 is 50.9 Å². The minimum Gasteiger partial charge on any atom is -0.327 e. The molecule has 0 aliphatic carbocycles. The molecule has 1 N–H and O–H groups in total. The number of anilines is 1. The second-order valence-electron chi connectivity index (χ2n) is 5.16. The molecule has 116 valence electrons. The topological polar surface area (TPSA) is 32.3 Å². The zero-order valence-electron chi connectivity index (χ0n) is 12.5. The Kier molecular flexibility index (Phi) is 4.59. The van der Waals surface area contributed by atoms with Crippen molar-refractivity contribution in [2.24, 2.45) is 0 Å². The predicted molar refractivity (Wildman–Crippen MR) is 101 cm³/mol. The molecule has 1 saturated heterocycles. The summed E-state index contributed by atoms with van der Waals surface area (Å²) >= 11 is 8.77. The van der Waals surface area contributed by atoms with Crippen molar-refractivity contribution in [1.29, 1.82) is 0 Å². The molecule has 5 heteroatoms. The van der Waals surface area contributed by atoms with Crippen LogP contribution in [0.15, 0.2) is 58.7 Å². The molecule has 1 heterocycles. The molecule has 0 bridgehead atoms. The quantitative estimate of drug-likeness (QED) is 0.631. The molecular formula is C18H15BrN2OS. The minimum absolute atomic E-state index is 0.126. The lowest BCUT2D eigenvalue weighted by molar-refractivity contribution is -0.113. The van der Waals surface area contributed by atoms with Gasteiger partial charge in [0.25, 0.3) is 5.91 Å². The molecule has 0 spiro atoms. The van der Waals surface area contributed by atoms with E-state index in [0.29, 0.717) is 10.8 Å². The molecule has 0 radical (unpaired) electrons. The summed E-state index contributed by atoms with van der Waals surface area (Å²) < 4.78 is 0.999. The van der Waals surface area contributed by atoms with E-state index in [0.717, 1.165) is 27.7 Å². The minimum atomic E-state index is -0.126. The molecule has 3 nitrogen and oxygen atoms in total. The van der Waals surface area contributed by atoms with Crippen molar-refractivity contribution in [2.75, 3.05) is 4.90 Å². The number of thiocarbonyl (C=S) groups is 1. The molecule has 2 aromatic rings. The summed E-state index contributed by atoms with van der Waals surface area (Å²) in [5.41, 5.74) is 3.37. The summed E-state index contributed by atoms with van der Waals surface area (Å²) in [5.74, 6) is -0.126. The third-order valence-corrected chi connectivity index (χ3v) is 4.49. The standard InChI is InChI=1S/C18H15BrN2OS/c1-2-13-5-3-4-6-16(13)21-17(22)15(20-18(21)23)11-12-7-9-14(19)10-8-12/h3-11H,2H2,1H3,(H,20,23)/b15-11+. The van der Waals surface area contributed by atoms with Crippen LogP contribution in [0.2, 0.25) is 0 Å². The maximum absolute atomic E-state index is 12.8. The molecule has 23 heavy (non-hydrogen) atoms. The van der Waals surface area contributed by atoms with Crippen molar-refractivity contribution in [1.82, 2.24) is 5.32 Å². The molecule has 3 rings (SSSR count). The van der Waals surface area contributed by atoms with Crippen molar-refractivity contribution in [2.45, 2.75) is 13.3 Å². The Morgan fingerprint density at radius 2 is 1.87 bits per heavy atom. The first kappa shape index (κ1) is 15.9. The fraction of sp³-hybridized carbons (Fsp3) is 0.111. The Morgan fingerprint density at radius 1 is 1.17 bits per heavy atom. The smallest absolute Gasteiger partial charge is 0.281 e. The van der Waals surface area contributed by atoms with Gasteiger partial charge in [-0.3, -0.25) is 9.69 Å². The van der Waals surface area contributed by atoms with Gasteiger partial charge in [-0.1, -0.05) is 53.2 Å². The third kappa shape index (κ3) is 3.21. The largest absolute Gasteiger partial charge is 0.327 e. The SMILES string of the molecule is CCc1ccccc1N1C(=O)/C(=C\c2ccc(Br)cc2)NC1=S.